The van der Waals surface area contributed by atoms with Gasteiger partial charge in [0.2, 0.25) is 5.91 Å². The van der Waals surface area contributed by atoms with E-state index in [9.17, 15) is 24.9 Å². The summed E-state index contributed by atoms with van der Waals surface area (Å²) >= 11 is 5.95. The Bertz CT molecular complexity index is 1250. The van der Waals surface area contributed by atoms with Crippen LogP contribution >= 0.6 is 11.6 Å². The third-order valence-electron chi connectivity index (χ3n) is 8.12. The lowest BCUT2D eigenvalue weighted by Gasteiger charge is -2.32. The molecule has 0 spiro atoms. The van der Waals surface area contributed by atoms with Crippen molar-refractivity contribution in [2.24, 2.45) is 11.8 Å². The summed E-state index contributed by atoms with van der Waals surface area (Å²) in [6, 6.07) is 8.15. The van der Waals surface area contributed by atoms with Crippen molar-refractivity contribution in [2.45, 2.75) is 50.9 Å². The molecule has 1 fully saturated rings. The Morgan fingerprint density at radius 1 is 1.02 bits per heavy atom. The number of nitrogens with zero attached hydrogens (tertiary/aromatic N) is 3. The second kappa shape index (κ2) is 18.1. The van der Waals surface area contributed by atoms with Crippen molar-refractivity contribution in [3.63, 3.8) is 0 Å². The summed E-state index contributed by atoms with van der Waals surface area (Å²) in [5.74, 6) is -0.0982. The molecule has 0 radical (unpaired) electrons. The van der Waals surface area contributed by atoms with Gasteiger partial charge in [0.15, 0.2) is 22.5 Å². The zero-order valence-corrected chi connectivity index (χ0v) is 26.4. The van der Waals surface area contributed by atoms with Crippen molar-refractivity contribution in [3.05, 3.63) is 46.2 Å². The molecule has 45 heavy (non-hydrogen) atoms. The largest absolute Gasteiger partial charge is 0.394 e. The number of aryl methyl sites for hydroxylation is 1. The molecular formula is C30H47ClN8O6. The number of rotatable bonds is 17. The number of aromatic nitrogens is 2. The fourth-order valence-corrected chi connectivity index (χ4v) is 5.39. The van der Waals surface area contributed by atoms with Gasteiger partial charge in [-0.2, -0.15) is 0 Å². The van der Waals surface area contributed by atoms with Gasteiger partial charge >= 0.3 is 0 Å². The third kappa shape index (κ3) is 11.3. The fourth-order valence-electron chi connectivity index (χ4n) is 5.26. The van der Waals surface area contributed by atoms with E-state index in [1.54, 1.807) is 0 Å². The van der Waals surface area contributed by atoms with Gasteiger partial charge < -0.3 is 52.7 Å². The molecule has 1 saturated heterocycles. The van der Waals surface area contributed by atoms with Crippen LogP contribution in [0.25, 0.3) is 0 Å². The number of likely N-dealkylation sites (tertiary alicyclic amines) is 1. The smallest absolute Gasteiger partial charge is 0.273 e. The van der Waals surface area contributed by atoms with Crippen LogP contribution in [0.4, 0.5) is 11.6 Å². The number of carbonyl (C=O) groups is 2. The minimum absolute atomic E-state index is 0.00828. The molecule has 2 aromatic rings. The average Bonchev–Trinajstić information content (AvgIpc) is 3.03. The Kier molecular flexibility index (Phi) is 14.7. The number of anilines is 2. The van der Waals surface area contributed by atoms with Gasteiger partial charge in [-0.15, -0.1) is 0 Å². The van der Waals surface area contributed by atoms with Gasteiger partial charge in [-0.25, -0.2) is 9.97 Å². The lowest BCUT2D eigenvalue weighted by atomic mass is 9.94. The molecule has 0 bridgehead atoms. The minimum Gasteiger partial charge on any atom is -0.394 e. The Hall–Kier alpha value is -3.11. The number of benzene rings is 1. The van der Waals surface area contributed by atoms with Gasteiger partial charge in [0.25, 0.3) is 5.91 Å². The van der Waals surface area contributed by atoms with Crippen LogP contribution in [-0.2, 0) is 11.2 Å². The lowest BCUT2D eigenvalue weighted by Crippen LogP contribution is -2.45. The van der Waals surface area contributed by atoms with Crippen LogP contribution in [0.15, 0.2) is 24.3 Å². The molecule has 1 aromatic carbocycles. The molecule has 0 aliphatic carbocycles. The lowest BCUT2D eigenvalue weighted by molar-refractivity contribution is -0.132. The van der Waals surface area contributed by atoms with Gasteiger partial charge in [-0.05, 0) is 62.2 Å². The highest BCUT2D eigenvalue weighted by atomic mass is 35.5. The van der Waals surface area contributed by atoms with E-state index in [2.05, 4.69) is 45.0 Å². The van der Waals surface area contributed by atoms with Crippen molar-refractivity contribution >= 4 is 35.1 Å². The summed E-state index contributed by atoms with van der Waals surface area (Å²) in [7, 11) is 0. The fraction of sp³-hybridized carbons (Fsp3) is 0.600. The van der Waals surface area contributed by atoms with Gasteiger partial charge in [0.05, 0.1) is 12.7 Å². The molecule has 15 heteroatoms. The molecule has 2 amide bonds. The standard InChI is InChI=1S/C30H47ClN8O6/c1-18-4-2-3-5-21(18)12-20(15-36-30(45)25-28(32)38-29(33)27(31)37-25)14-35-13-19-7-10-39(11-8-19)24(43)6-9-34-16-22(41)26(44)23(42)17-40/h2-5,19-20,22-23,26,34-35,40-42,44H,6-17H2,1H3,(H,36,45)(H4,32,33,38)/t20?,22-,23+,26+/m0/s1. The summed E-state index contributed by atoms with van der Waals surface area (Å²) in [4.78, 5) is 35.2. The van der Waals surface area contributed by atoms with Crippen LogP contribution in [0.5, 0.6) is 0 Å². The quantitative estimate of drug-likeness (QED) is 0.0946. The highest BCUT2D eigenvalue weighted by Crippen LogP contribution is 2.19. The number of nitrogen functional groups attached to an aromatic ring is 2. The highest BCUT2D eigenvalue weighted by molar-refractivity contribution is 6.31. The zero-order chi connectivity index (χ0) is 32.9. The topological polar surface area (TPSA) is 232 Å². The molecule has 1 aliphatic heterocycles. The Balaban J connectivity index is 1.43. The van der Waals surface area contributed by atoms with Crippen LogP contribution in [0, 0.1) is 18.8 Å². The number of hydrogen-bond acceptors (Lipinski definition) is 12. The second-order valence-electron chi connectivity index (χ2n) is 11.6. The van der Waals surface area contributed by atoms with Gasteiger partial charge in [0.1, 0.15) is 12.2 Å². The number of nitrogens with one attached hydrogen (secondary N) is 3. The number of piperidine rings is 1. The zero-order valence-electron chi connectivity index (χ0n) is 25.7. The monoisotopic (exact) mass is 650 g/mol. The molecular weight excluding hydrogens is 604 g/mol. The maximum atomic E-state index is 12.8. The van der Waals surface area contributed by atoms with Crippen molar-refractivity contribution in [3.8, 4) is 0 Å². The molecule has 1 aromatic heterocycles. The van der Waals surface area contributed by atoms with Crippen LogP contribution in [-0.4, -0.2) is 118 Å². The van der Waals surface area contributed by atoms with Gasteiger partial charge in [-0.3, -0.25) is 9.59 Å². The number of aliphatic hydroxyl groups excluding tert-OH is 4. The van der Waals surface area contributed by atoms with E-state index in [-0.39, 0.29) is 47.3 Å². The van der Waals surface area contributed by atoms with E-state index >= 15 is 0 Å². The summed E-state index contributed by atoms with van der Waals surface area (Å²) in [5.41, 5.74) is 13.8. The first-order valence-corrected chi connectivity index (χ1v) is 15.6. The summed E-state index contributed by atoms with van der Waals surface area (Å²) in [5, 5.41) is 47.2. The van der Waals surface area contributed by atoms with Crippen molar-refractivity contribution in [1.82, 2.24) is 30.8 Å². The first-order valence-electron chi connectivity index (χ1n) is 15.3. The van der Waals surface area contributed by atoms with Gasteiger partial charge in [-0.1, -0.05) is 35.9 Å². The number of nitrogens with two attached hydrogens (primary N) is 2. The van der Waals surface area contributed by atoms with Crippen molar-refractivity contribution in [1.29, 1.82) is 0 Å². The van der Waals surface area contributed by atoms with Crippen LogP contribution < -0.4 is 27.4 Å². The number of hydrogen-bond donors (Lipinski definition) is 9. The molecule has 11 N–H and O–H groups in total. The molecule has 3 rings (SSSR count). The van der Waals surface area contributed by atoms with Crippen LogP contribution in [0.1, 0.15) is 40.9 Å². The summed E-state index contributed by atoms with van der Waals surface area (Å²) in [6.45, 7) is 4.87. The first kappa shape index (κ1) is 36.4. The Labute approximate surface area is 268 Å². The Morgan fingerprint density at radius 3 is 2.42 bits per heavy atom. The van der Waals surface area contributed by atoms with E-state index in [1.807, 2.05) is 17.0 Å². The van der Waals surface area contributed by atoms with E-state index in [0.717, 1.165) is 25.8 Å². The minimum atomic E-state index is -1.47. The van der Waals surface area contributed by atoms with E-state index in [1.165, 1.54) is 11.1 Å². The predicted octanol–water partition coefficient (Wildman–Crippen LogP) is -0.926. The molecule has 14 nitrogen and oxygen atoms in total. The molecule has 1 aliphatic rings. The second-order valence-corrected chi connectivity index (χ2v) is 11.9. The van der Waals surface area contributed by atoms with E-state index < -0.39 is 30.8 Å². The summed E-state index contributed by atoms with van der Waals surface area (Å²) < 4.78 is 0. The van der Waals surface area contributed by atoms with E-state index in [4.69, 9.17) is 28.2 Å². The molecule has 4 atom stereocenters. The molecule has 1 unspecified atom stereocenters. The maximum absolute atomic E-state index is 12.8. The maximum Gasteiger partial charge on any atom is 0.273 e. The van der Waals surface area contributed by atoms with Crippen molar-refractivity contribution < 1.29 is 30.0 Å². The summed E-state index contributed by atoms with van der Waals surface area (Å²) in [6.07, 6.45) is -1.41. The highest BCUT2D eigenvalue weighted by Gasteiger charge is 2.25. The predicted molar refractivity (Wildman–Crippen MR) is 171 cm³/mol. The first-order chi connectivity index (χ1) is 21.5. The number of halogens is 1. The molecule has 2 heterocycles. The van der Waals surface area contributed by atoms with Crippen LogP contribution in [0.3, 0.4) is 0 Å². The molecule has 0 saturated carbocycles. The normalized spacial score (nSPS) is 16.6. The number of amides is 2. The van der Waals surface area contributed by atoms with Crippen LogP contribution in [0.2, 0.25) is 5.15 Å². The SMILES string of the molecule is Cc1ccccc1CC(CNCC1CCN(C(=O)CCNC[C@H](O)[C@@H](O)[C@H](O)CO)CC1)CNC(=O)c1nc(Cl)c(N)nc1N. The Morgan fingerprint density at radius 2 is 1.73 bits per heavy atom. The average molecular weight is 651 g/mol. The van der Waals surface area contributed by atoms with E-state index in [0.29, 0.717) is 38.6 Å². The van der Waals surface area contributed by atoms with Crippen molar-refractivity contribution in [2.75, 3.05) is 63.9 Å². The number of carbonyl (C=O) groups excluding carboxylic acids is 2. The van der Waals surface area contributed by atoms with Gasteiger partial charge in [0, 0.05) is 39.1 Å². The third-order valence-corrected chi connectivity index (χ3v) is 8.40. The molecule has 250 valence electrons. The number of aliphatic hydroxyl groups is 4.